The molecule has 1 N–H and O–H groups in total. The van der Waals surface area contributed by atoms with Crippen LogP contribution in [0.15, 0.2) is 12.3 Å². The summed E-state index contributed by atoms with van der Waals surface area (Å²) < 4.78 is 25.4. The SMILES string of the molecule is CCNCC(Cc1ccn(C(C)C)n1)C1CCS(=O)(=O)C1. The van der Waals surface area contributed by atoms with E-state index in [2.05, 4.69) is 37.3 Å². The summed E-state index contributed by atoms with van der Waals surface area (Å²) in [5.74, 6) is 1.30. The summed E-state index contributed by atoms with van der Waals surface area (Å²) in [7, 11) is -2.82. The minimum atomic E-state index is -2.82. The van der Waals surface area contributed by atoms with Gasteiger partial charge < -0.3 is 5.32 Å². The van der Waals surface area contributed by atoms with Crippen LogP contribution in [-0.4, -0.2) is 42.8 Å². The van der Waals surface area contributed by atoms with Gasteiger partial charge in [-0.25, -0.2) is 8.42 Å². The maximum Gasteiger partial charge on any atom is 0.150 e. The van der Waals surface area contributed by atoms with E-state index in [-0.39, 0.29) is 5.92 Å². The summed E-state index contributed by atoms with van der Waals surface area (Å²) >= 11 is 0. The number of hydrogen-bond acceptors (Lipinski definition) is 4. The molecule has 1 aliphatic heterocycles. The van der Waals surface area contributed by atoms with Gasteiger partial charge in [0, 0.05) is 12.2 Å². The molecule has 21 heavy (non-hydrogen) atoms. The summed E-state index contributed by atoms with van der Waals surface area (Å²) in [6.45, 7) is 8.07. The van der Waals surface area contributed by atoms with Gasteiger partial charge in [0.2, 0.25) is 0 Å². The van der Waals surface area contributed by atoms with Crippen LogP contribution in [0.3, 0.4) is 0 Å². The molecule has 1 aliphatic rings. The number of rotatable bonds is 7. The Kier molecular flexibility index (Phi) is 5.43. The van der Waals surface area contributed by atoms with E-state index in [4.69, 9.17) is 0 Å². The molecule has 120 valence electrons. The van der Waals surface area contributed by atoms with Crippen LogP contribution in [-0.2, 0) is 16.3 Å². The predicted molar refractivity (Wildman–Crippen MR) is 85.1 cm³/mol. The highest BCUT2D eigenvalue weighted by molar-refractivity contribution is 7.91. The van der Waals surface area contributed by atoms with Gasteiger partial charge in [0.05, 0.1) is 17.2 Å². The lowest BCUT2D eigenvalue weighted by Crippen LogP contribution is -2.30. The normalized spacial score (nSPS) is 22.8. The third-order valence-corrected chi connectivity index (χ3v) is 6.05. The Hall–Kier alpha value is -0.880. The fourth-order valence-electron chi connectivity index (χ4n) is 2.97. The Bertz CT molecular complexity index is 551. The summed E-state index contributed by atoms with van der Waals surface area (Å²) in [6.07, 6.45) is 3.66. The average molecular weight is 313 g/mol. The Morgan fingerprint density at radius 2 is 2.24 bits per heavy atom. The van der Waals surface area contributed by atoms with Crippen molar-refractivity contribution in [2.24, 2.45) is 11.8 Å². The molecule has 2 rings (SSSR count). The minimum Gasteiger partial charge on any atom is -0.317 e. The molecule has 0 aromatic carbocycles. The Balaban J connectivity index is 2.05. The largest absolute Gasteiger partial charge is 0.317 e. The van der Waals surface area contributed by atoms with Crippen molar-refractivity contribution < 1.29 is 8.42 Å². The fraction of sp³-hybridized carbons (Fsp3) is 0.800. The van der Waals surface area contributed by atoms with Crippen LogP contribution >= 0.6 is 0 Å². The maximum absolute atomic E-state index is 11.7. The van der Waals surface area contributed by atoms with Gasteiger partial charge in [-0.2, -0.15) is 5.10 Å². The standard InChI is InChI=1S/C15H27N3O2S/c1-4-16-10-14(13-6-8-21(19,20)11-13)9-15-5-7-18(17-15)12(2)3/h5,7,12-14,16H,4,6,8-11H2,1-3H3. The van der Waals surface area contributed by atoms with Gasteiger partial charge >= 0.3 is 0 Å². The second-order valence-corrected chi connectivity index (χ2v) is 8.54. The molecule has 1 saturated heterocycles. The Morgan fingerprint density at radius 3 is 2.76 bits per heavy atom. The molecule has 1 fully saturated rings. The van der Waals surface area contributed by atoms with Crippen molar-refractivity contribution in [1.82, 2.24) is 15.1 Å². The van der Waals surface area contributed by atoms with Crippen LogP contribution in [0.4, 0.5) is 0 Å². The van der Waals surface area contributed by atoms with Crippen molar-refractivity contribution in [3.63, 3.8) is 0 Å². The number of nitrogens with zero attached hydrogens (tertiary/aromatic N) is 2. The first-order chi connectivity index (χ1) is 9.91. The summed E-state index contributed by atoms with van der Waals surface area (Å²) in [4.78, 5) is 0. The third kappa shape index (κ3) is 4.54. The molecule has 2 atom stereocenters. The lowest BCUT2D eigenvalue weighted by atomic mass is 9.88. The van der Waals surface area contributed by atoms with Crippen molar-refractivity contribution >= 4 is 9.84 Å². The van der Waals surface area contributed by atoms with Crippen LogP contribution in [0.25, 0.3) is 0 Å². The van der Waals surface area contributed by atoms with Gasteiger partial charge in [0.25, 0.3) is 0 Å². The molecule has 0 spiro atoms. The molecular weight excluding hydrogens is 286 g/mol. The Labute approximate surface area is 128 Å². The molecule has 0 aliphatic carbocycles. The highest BCUT2D eigenvalue weighted by Crippen LogP contribution is 2.28. The molecule has 6 heteroatoms. The van der Waals surface area contributed by atoms with Crippen molar-refractivity contribution in [2.75, 3.05) is 24.6 Å². The topological polar surface area (TPSA) is 64.0 Å². The smallest absolute Gasteiger partial charge is 0.150 e. The number of aromatic nitrogens is 2. The van der Waals surface area contributed by atoms with Crippen molar-refractivity contribution in [1.29, 1.82) is 0 Å². The van der Waals surface area contributed by atoms with Crippen LogP contribution in [0, 0.1) is 11.8 Å². The molecule has 0 saturated carbocycles. The predicted octanol–water partition coefficient (Wildman–Crippen LogP) is 1.67. The van der Waals surface area contributed by atoms with E-state index in [1.165, 1.54) is 0 Å². The zero-order valence-electron chi connectivity index (χ0n) is 13.2. The zero-order chi connectivity index (χ0) is 15.5. The summed E-state index contributed by atoms with van der Waals surface area (Å²) in [6, 6.07) is 2.42. The first-order valence-electron chi connectivity index (χ1n) is 7.86. The minimum absolute atomic E-state index is 0.262. The maximum atomic E-state index is 11.7. The van der Waals surface area contributed by atoms with E-state index in [1.54, 1.807) is 0 Å². The van der Waals surface area contributed by atoms with E-state index in [1.807, 2.05) is 10.9 Å². The Morgan fingerprint density at radius 1 is 1.48 bits per heavy atom. The second-order valence-electron chi connectivity index (χ2n) is 6.32. The number of nitrogens with one attached hydrogen (secondary N) is 1. The van der Waals surface area contributed by atoms with Crippen molar-refractivity contribution in [2.45, 2.75) is 39.7 Å². The first kappa shape index (κ1) is 16.5. The fourth-order valence-corrected chi connectivity index (χ4v) is 4.89. The second kappa shape index (κ2) is 6.92. The molecule has 0 bridgehead atoms. The van der Waals surface area contributed by atoms with Crippen molar-refractivity contribution in [3.05, 3.63) is 18.0 Å². The zero-order valence-corrected chi connectivity index (χ0v) is 14.1. The van der Waals surface area contributed by atoms with E-state index < -0.39 is 9.84 Å². The number of sulfone groups is 1. The molecule has 0 amide bonds. The van der Waals surface area contributed by atoms with Crippen LogP contribution in [0.2, 0.25) is 0 Å². The van der Waals surface area contributed by atoms with Gasteiger partial charge in [0.15, 0.2) is 9.84 Å². The molecule has 1 aromatic heterocycles. The van der Waals surface area contributed by atoms with E-state index in [0.717, 1.165) is 31.6 Å². The molecule has 1 aromatic rings. The number of hydrogen-bond donors (Lipinski definition) is 1. The van der Waals surface area contributed by atoms with Gasteiger partial charge in [-0.15, -0.1) is 0 Å². The first-order valence-corrected chi connectivity index (χ1v) is 9.68. The molecule has 0 radical (unpaired) electrons. The van der Waals surface area contributed by atoms with Crippen LogP contribution < -0.4 is 5.32 Å². The lowest BCUT2D eigenvalue weighted by molar-refractivity contribution is 0.342. The monoisotopic (exact) mass is 313 g/mol. The summed E-state index contributed by atoms with van der Waals surface area (Å²) in [5.41, 5.74) is 1.07. The highest BCUT2D eigenvalue weighted by atomic mass is 32.2. The van der Waals surface area contributed by atoms with E-state index in [0.29, 0.717) is 23.5 Å². The average Bonchev–Trinajstić information content (AvgIpc) is 3.01. The van der Waals surface area contributed by atoms with Gasteiger partial charge in [-0.1, -0.05) is 6.92 Å². The van der Waals surface area contributed by atoms with Crippen LogP contribution in [0.1, 0.15) is 38.9 Å². The highest BCUT2D eigenvalue weighted by Gasteiger charge is 2.33. The van der Waals surface area contributed by atoms with E-state index in [9.17, 15) is 8.42 Å². The molecular formula is C15H27N3O2S. The van der Waals surface area contributed by atoms with Gasteiger partial charge in [-0.3, -0.25) is 4.68 Å². The third-order valence-electron chi connectivity index (χ3n) is 4.25. The van der Waals surface area contributed by atoms with Gasteiger partial charge in [-0.05, 0) is 57.7 Å². The van der Waals surface area contributed by atoms with Crippen LogP contribution in [0.5, 0.6) is 0 Å². The lowest BCUT2D eigenvalue weighted by Gasteiger charge is -2.22. The molecule has 2 heterocycles. The van der Waals surface area contributed by atoms with Crippen molar-refractivity contribution in [3.8, 4) is 0 Å². The van der Waals surface area contributed by atoms with Gasteiger partial charge in [0.1, 0.15) is 0 Å². The quantitative estimate of drug-likeness (QED) is 0.831. The molecule has 5 nitrogen and oxygen atoms in total. The van der Waals surface area contributed by atoms with E-state index >= 15 is 0 Å². The molecule has 2 unspecified atom stereocenters. The summed E-state index contributed by atoms with van der Waals surface area (Å²) in [5, 5.41) is 7.98.